The summed E-state index contributed by atoms with van der Waals surface area (Å²) >= 11 is 5.89. The second-order valence-corrected chi connectivity index (χ2v) is 4.41. The first kappa shape index (κ1) is 13.3. The fourth-order valence-corrected chi connectivity index (χ4v) is 1.70. The van der Waals surface area contributed by atoms with Crippen LogP contribution < -0.4 is 11.1 Å². The number of nitrogens with zero attached hydrogens (tertiary/aromatic N) is 1. The van der Waals surface area contributed by atoms with Gasteiger partial charge in [0.15, 0.2) is 0 Å². The minimum absolute atomic E-state index is 0.119. The highest BCUT2D eigenvalue weighted by molar-refractivity contribution is 6.33. The molecule has 0 spiro atoms. The quantitative estimate of drug-likeness (QED) is 0.830. The van der Waals surface area contributed by atoms with E-state index in [9.17, 15) is 9.18 Å². The van der Waals surface area contributed by atoms with Gasteiger partial charge >= 0.3 is 0 Å². The summed E-state index contributed by atoms with van der Waals surface area (Å²) in [5.41, 5.74) is 7.52. The minimum Gasteiger partial charge on any atom is -0.398 e. The second kappa shape index (κ2) is 5.24. The van der Waals surface area contributed by atoms with Crippen LogP contribution in [0.5, 0.6) is 0 Å². The Bertz CT molecular complexity index is 629. The number of nitrogens with two attached hydrogens (primary N) is 1. The summed E-state index contributed by atoms with van der Waals surface area (Å²) in [6, 6.07) is 5.70. The van der Waals surface area contributed by atoms with Gasteiger partial charge < -0.3 is 11.1 Å². The van der Waals surface area contributed by atoms with Crippen molar-refractivity contribution in [3.8, 4) is 0 Å². The summed E-state index contributed by atoms with van der Waals surface area (Å²) in [4.78, 5) is 15.6. The molecule has 1 amide bonds. The molecule has 0 saturated heterocycles. The van der Waals surface area contributed by atoms with E-state index in [1.165, 1.54) is 12.1 Å². The lowest BCUT2D eigenvalue weighted by molar-refractivity contribution is 0.102. The predicted molar refractivity (Wildman–Crippen MR) is 72.7 cm³/mol. The van der Waals surface area contributed by atoms with Gasteiger partial charge in [-0.25, -0.2) is 9.37 Å². The molecule has 0 bridgehead atoms. The number of hydrogen-bond acceptors (Lipinski definition) is 3. The fourth-order valence-electron chi connectivity index (χ4n) is 1.53. The number of carbonyl (C=O) groups is 1. The van der Waals surface area contributed by atoms with Crippen molar-refractivity contribution < 1.29 is 9.18 Å². The van der Waals surface area contributed by atoms with Crippen molar-refractivity contribution in [3.63, 3.8) is 0 Å². The standard InChI is InChI=1S/C13H11ClFN3O/c1-7-4-10(16)9(14)5-12(7)18-13(19)11-3-2-8(15)6-17-11/h2-6H,16H2,1H3,(H,18,19). The van der Waals surface area contributed by atoms with Gasteiger partial charge in [0, 0.05) is 5.69 Å². The van der Waals surface area contributed by atoms with Gasteiger partial charge in [0.25, 0.3) is 5.91 Å². The molecule has 3 N–H and O–H groups in total. The van der Waals surface area contributed by atoms with E-state index in [4.69, 9.17) is 17.3 Å². The summed E-state index contributed by atoms with van der Waals surface area (Å²) in [5, 5.41) is 3.00. The average Bonchev–Trinajstić information content (AvgIpc) is 2.36. The zero-order valence-corrected chi connectivity index (χ0v) is 10.8. The molecule has 0 fully saturated rings. The third kappa shape index (κ3) is 3.00. The number of amides is 1. The molecule has 1 heterocycles. The van der Waals surface area contributed by atoms with Crippen LogP contribution in [0.15, 0.2) is 30.5 Å². The summed E-state index contributed by atoms with van der Waals surface area (Å²) in [6.07, 6.45) is 0.984. The van der Waals surface area contributed by atoms with Crippen molar-refractivity contribution in [2.24, 2.45) is 0 Å². The summed E-state index contributed by atoms with van der Waals surface area (Å²) in [6.45, 7) is 1.79. The Morgan fingerprint density at radius 1 is 1.42 bits per heavy atom. The number of carbonyl (C=O) groups excluding carboxylic acids is 1. The molecular formula is C13H11ClFN3O. The van der Waals surface area contributed by atoms with Crippen LogP contribution in [0, 0.1) is 12.7 Å². The molecule has 2 aromatic rings. The molecule has 0 saturated carbocycles. The third-order valence-electron chi connectivity index (χ3n) is 2.55. The maximum Gasteiger partial charge on any atom is 0.274 e. The number of halogens is 2. The highest BCUT2D eigenvalue weighted by Crippen LogP contribution is 2.26. The number of nitrogens with one attached hydrogen (secondary N) is 1. The molecule has 0 aliphatic rings. The summed E-state index contributed by atoms with van der Waals surface area (Å²) in [7, 11) is 0. The Morgan fingerprint density at radius 2 is 2.16 bits per heavy atom. The number of benzene rings is 1. The van der Waals surface area contributed by atoms with Crippen LogP contribution in [0.3, 0.4) is 0 Å². The van der Waals surface area contributed by atoms with E-state index < -0.39 is 11.7 Å². The van der Waals surface area contributed by atoms with Crippen molar-refractivity contribution in [2.75, 3.05) is 11.1 Å². The smallest absolute Gasteiger partial charge is 0.274 e. The highest BCUT2D eigenvalue weighted by Gasteiger charge is 2.10. The van der Waals surface area contributed by atoms with Crippen LogP contribution in [0.1, 0.15) is 16.1 Å². The van der Waals surface area contributed by atoms with Crippen molar-refractivity contribution in [1.29, 1.82) is 0 Å². The van der Waals surface area contributed by atoms with Gasteiger partial charge in [-0.3, -0.25) is 4.79 Å². The van der Waals surface area contributed by atoms with E-state index in [0.29, 0.717) is 16.4 Å². The highest BCUT2D eigenvalue weighted by atomic mass is 35.5. The number of nitrogen functional groups attached to an aromatic ring is 1. The predicted octanol–water partition coefficient (Wildman–Crippen LogP) is 3.02. The second-order valence-electron chi connectivity index (χ2n) is 4.00. The van der Waals surface area contributed by atoms with Crippen LogP contribution in [0.2, 0.25) is 5.02 Å². The number of aryl methyl sites for hydroxylation is 1. The van der Waals surface area contributed by atoms with E-state index in [2.05, 4.69) is 10.3 Å². The van der Waals surface area contributed by atoms with Crippen LogP contribution in [-0.4, -0.2) is 10.9 Å². The first-order valence-corrected chi connectivity index (χ1v) is 5.83. The summed E-state index contributed by atoms with van der Waals surface area (Å²) in [5.74, 6) is -0.938. The van der Waals surface area contributed by atoms with Gasteiger partial charge in [-0.2, -0.15) is 0 Å². The number of rotatable bonds is 2. The number of pyridine rings is 1. The zero-order valence-electron chi connectivity index (χ0n) is 10.1. The lowest BCUT2D eigenvalue weighted by Gasteiger charge is -2.10. The fraction of sp³-hybridized carbons (Fsp3) is 0.0769. The first-order chi connectivity index (χ1) is 8.97. The molecule has 4 nitrogen and oxygen atoms in total. The molecular weight excluding hydrogens is 269 g/mol. The molecule has 0 atom stereocenters. The minimum atomic E-state index is -0.497. The molecule has 0 aliphatic heterocycles. The van der Waals surface area contributed by atoms with E-state index in [1.54, 1.807) is 19.1 Å². The Labute approximate surface area is 114 Å². The lowest BCUT2D eigenvalue weighted by Crippen LogP contribution is -2.14. The molecule has 98 valence electrons. The molecule has 0 radical (unpaired) electrons. The Balaban J connectivity index is 2.24. The Kier molecular flexibility index (Phi) is 3.66. The SMILES string of the molecule is Cc1cc(N)c(Cl)cc1NC(=O)c1ccc(F)cn1. The van der Waals surface area contributed by atoms with Crippen molar-refractivity contribution in [3.05, 3.63) is 52.6 Å². The summed E-state index contributed by atoms with van der Waals surface area (Å²) < 4.78 is 12.7. The van der Waals surface area contributed by atoms with Gasteiger partial charge in [0.2, 0.25) is 0 Å². The molecule has 6 heteroatoms. The Hall–Kier alpha value is -2.14. The molecule has 19 heavy (non-hydrogen) atoms. The molecule has 0 unspecified atom stereocenters. The normalized spacial score (nSPS) is 10.3. The topological polar surface area (TPSA) is 68.0 Å². The van der Waals surface area contributed by atoms with Gasteiger partial charge in [-0.05, 0) is 36.8 Å². The molecule has 1 aromatic carbocycles. The lowest BCUT2D eigenvalue weighted by atomic mass is 10.1. The maximum atomic E-state index is 12.7. The van der Waals surface area contributed by atoms with Crippen LogP contribution in [0.25, 0.3) is 0 Å². The first-order valence-electron chi connectivity index (χ1n) is 5.46. The maximum absolute atomic E-state index is 12.7. The van der Waals surface area contributed by atoms with Gasteiger partial charge in [-0.1, -0.05) is 11.6 Å². The van der Waals surface area contributed by atoms with E-state index >= 15 is 0 Å². The third-order valence-corrected chi connectivity index (χ3v) is 2.88. The number of hydrogen-bond donors (Lipinski definition) is 2. The monoisotopic (exact) mass is 279 g/mol. The van der Waals surface area contributed by atoms with Gasteiger partial charge in [0.05, 0.1) is 16.9 Å². The molecule has 0 aliphatic carbocycles. The van der Waals surface area contributed by atoms with Crippen LogP contribution in [0.4, 0.5) is 15.8 Å². The average molecular weight is 280 g/mol. The number of anilines is 2. The van der Waals surface area contributed by atoms with Crippen LogP contribution in [-0.2, 0) is 0 Å². The van der Waals surface area contributed by atoms with E-state index in [1.807, 2.05) is 0 Å². The molecule has 1 aromatic heterocycles. The van der Waals surface area contributed by atoms with E-state index in [-0.39, 0.29) is 5.69 Å². The number of aromatic nitrogens is 1. The van der Waals surface area contributed by atoms with Crippen LogP contribution >= 0.6 is 11.6 Å². The van der Waals surface area contributed by atoms with E-state index in [0.717, 1.165) is 11.8 Å². The Morgan fingerprint density at radius 3 is 2.79 bits per heavy atom. The van der Waals surface area contributed by atoms with Crippen molar-refractivity contribution in [1.82, 2.24) is 4.98 Å². The largest absolute Gasteiger partial charge is 0.398 e. The van der Waals surface area contributed by atoms with Crippen molar-refractivity contribution in [2.45, 2.75) is 6.92 Å². The zero-order chi connectivity index (χ0) is 14.0. The van der Waals surface area contributed by atoms with Gasteiger partial charge in [-0.15, -0.1) is 0 Å². The van der Waals surface area contributed by atoms with Crippen molar-refractivity contribution >= 4 is 28.9 Å². The molecule has 2 rings (SSSR count). The van der Waals surface area contributed by atoms with Gasteiger partial charge in [0.1, 0.15) is 11.5 Å².